The molecule has 1 aliphatic rings. The number of esters is 1. The van der Waals surface area contributed by atoms with E-state index in [0.29, 0.717) is 22.7 Å². The summed E-state index contributed by atoms with van der Waals surface area (Å²) in [6.07, 6.45) is -0.483. The van der Waals surface area contributed by atoms with Gasteiger partial charge in [0.1, 0.15) is 0 Å². The van der Waals surface area contributed by atoms with Crippen molar-refractivity contribution in [3.63, 3.8) is 0 Å². The van der Waals surface area contributed by atoms with E-state index in [4.69, 9.17) is 16.3 Å². The van der Waals surface area contributed by atoms with Crippen molar-refractivity contribution in [2.24, 2.45) is 0 Å². The quantitative estimate of drug-likeness (QED) is 0.867. The average molecular weight is 302 g/mol. The van der Waals surface area contributed by atoms with Gasteiger partial charge in [-0.2, -0.15) is 0 Å². The highest BCUT2D eigenvalue weighted by molar-refractivity contribution is 6.31. The summed E-state index contributed by atoms with van der Waals surface area (Å²) in [5, 5.41) is 3.20. The van der Waals surface area contributed by atoms with Crippen LogP contribution in [0.3, 0.4) is 0 Å². The number of ether oxygens (including phenoxy) is 1. The van der Waals surface area contributed by atoms with Gasteiger partial charge in [0.2, 0.25) is 0 Å². The van der Waals surface area contributed by atoms with Crippen LogP contribution in [0.5, 0.6) is 0 Å². The highest BCUT2D eigenvalue weighted by Crippen LogP contribution is 2.24. The first kappa shape index (κ1) is 13.6. The van der Waals surface area contributed by atoms with Gasteiger partial charge in [-0.15, -0.1) is 0 Å². The van der Waals surface area contributed by atoms with Crippen molar-refractivity contribution in [1.29, 1.82) is 0 Å². The summed E-state index contributed by atoms with van der Waals surface area (Å²) in [6, 6.07) is 14.1. The smallest absolute Gasteiger partial charge is 0.339 e. The molecule has 0 radical (unpaired) electrons. The van der Waals surface area contributed by atoms with Crippen LogP contribution in [0.15, 0.2) is 48.5 Å². The van der Waals surface area contributed by atoms with Crippen LogP contribution in [0.25, 0.3) is 0 Å². The molecule has 1 unspecified atom stereocenters. The third kappa shape index (κ3) is 2.90. The first-order valence-electron chi connectivity index (χ1n) is 6.49. The van der Waals surface area contributed by atoms with E-state index in [-0.39, 0.29) is 5.91 Å². The topological polar surface area (TPSA) is 55.4 Å². The molecule has 106 valence electrons. The van der Waals surface area contributed by atoms with E-state index in [1.54, 1.807) is 30.3 Å². The Kier molecular flexibility index (Phi) is 3.62. The second-order valence-electron chi connectivity index (χ2n) is 4.75. The van der Waals surface area contributed by atoms with Gasteiger partial charge < -0.3 is 10.1 Å². The Labute approximate surface area is 126 Å². The maximum Gasteiger partial charge on any atom is 0.339 e. The molecule has 1 aliphatic heterocycles. The molecule has 2 aromatic carbocycles. The molecular formula is C16H12ClNO3. The predicted molar refractivity (Wildman–Crippen MR) is 79.4 cm³/mol. The monoisotopic (exact) mass is 301 g/mol. The van der Waals surface area contributed by atoms with Crippen molar-refractivity contribution in [3.05, 3.63) is 64.7 Å². The van der Waals surface area contributed by atoms with E-state index in [1.807, 2.05) is 18.2 Å². The van der Waals surface area contributed by atoms with Gasteiger partial charge in [0.15, 0.2) is 6.10 Å². The van der Waals surface area contributed by atoms with E-state index in [9.17, 15) is 9.59 Å². The number of para-hydroxylation sites is 1. The molecule has 0 aliphatic carbocycles. The maximum absolute atomic E-state index is 12.2. The van der Waals surface area contributed by atoms with E-state index in [1.165, 1.54) is 0 Å². The molecule has 0 fully saturated rings. The number of rotatable bonds is 2. The van der Waals surface area contributed by atoms with Crippen LogP contribution in [0.4, 0.5) is 5.69 Å². The number of benzene rings is 2. The lowest BCUT2D eigenvalue weighted by molar-refractivity contribution is -0.125. The minimum atomic E-state index is -0.827. The Morgan fingerprint density at radius 3 is 2.71 bits per heavy atom. The van der Waals surface area contributed by atoms with Crippen molar-refractivity contribution in [1.82, 2.24) is 0 Å². The number of carbonyl (C=O) groups is 2. The van der Waals surface area contributed by atoms with Crippen LogP contribution in [0, 0.1) is 0 Å². The summed E-state index contributed by atoms with van der Waals surface area (Å²) >= 11 is 5.86. The van der Waals surface area contributed by atoms with E-state index in [2.05, 4.69) is 5.32 Å². The van der Waals surface area contributed by atoms with Crippen LogP contribution >= 0.6 is 11.6 Å². The molecule has 1 amide bonds. The number of fused-ring (bicyclic) bond motifs is 1. The Balaban J connectivity index is 1.78. The van der Waals surface area contributed by atoms with Crippen LogP contribution in [0.2, 0.25) is 5.02 Å². The zero-order valence-corrected chi connectivity index (χ0v) is 11.8. The molecule has 0 aromatic heterocycles. The average Bonchev–Trinajstić information content (AvgIpc) is 2.49. The molecule has 21 heavy (non-hydrogen) atoms. The van der Waals surface area contributed by atoms with Gasteiger partial charge in [-0.05, 0) is 29.8 Å². The van der Waals surface area contributed by atoms with Crippen molar-refractivity contribution in [2.75, 3.05) is 5.32 Å². The van der Waals surface area contributed by atoms with Gasteiger partial charge in [-0.1, -0.05) is 35.9 Å². The standard InChI is InChI=1S/C16H12ClNO3/c17-11-7-6-10-8-14(21-16(20)13(10)9-11)15(19)18-12-4-2-1-3-5-12/h1-7,9,14H,8H2,(H,18,19). The molecule has 0 saturated heterocycles. The van der Waals surface area contributed by atoms with E-state index < -0.39 is 12.1 Å². The number of halogens is 1. The lowest BCUT2D eigenvalue weighted by Crippen LogP contribution is -2.37. The lowest BCUT2D eigenvalue weighted by Gasteiger charge is -2.24. The van der Waals surface area contributed by atoms with Gasteiger partial charge in [0, 0.05) is 17.1 Å². The maximum atomic E-state index is 12.2. The molecule has 0 bridgehead atoms. The lowest BCUT2D eigenvalue weighted by atomic mass is 9.98. The fourth-order valence-corrected chi connectivity index (χ4v) is 2.41. The highest BCUT2D eigenvalue weighted by Gasteiger charge is 2.31. The Hall–Kier alpha value is -2.33. The zero-order chi connectivity index (χ0) is 14.8. The Bertz CT molecular complexity index is 700. The van der Waals surface area contributed by atoms with Gasteiger partial charge >= 0.3 is 5.97 Å². The van der Waals surface area contributed by atoms with Crippen LogP contribution in [-0.2, 0) is 16.0 Å². The second-order valence-corrected chi connectivity index (χ2v) is 5.19. The third-order valence-corrected chi connectivity index (χ3v) is 3.52. The van der Waals surface area contributed by atoms with Crippen molar-refractivity contribution >= 4 is 29.2 Å². The minimum absolute atomic E-state index is 0.338. The van der Waals surface area contributed by atoms with E-state index >= 15 is 0 Å². The summed E-state index contributed by atoms with van der Waals surface area (Å²) in [5.74, 6) is -0.859. The third-order valence-electron chi connectivity index (χ3n) is 3.28. The summed E-state index contributed by atoms with van der Waals surface area (Å²) in [5.41, 5.74) is 1.86. The number of cyclic esters (lactones) is 1. The largest absolute Gasteiger partial charge is 0.448 e. The summed E-state index contributed by atoms with van der Waals surface area (Å²) in [7, 11) is 0. The Morgan fingerprint density at radius 2 is 1.95 bits per heavy atom. The van der Waals surface area contributed by atoms with E-state index in [0.717, 1.165) is 5.56 Å². The molecule has 0 spiro atoms. The molecule has 3 rings (SSSR count). The molecule has 5 heteroatoms. The first-order chi connectivity index (χ1) is 10.1. The molecule has 4 nitrogen and oxygen atoms in total. The zero-order valence-electron chi connectivity index (χ0n) is 11.0. The molecular weight excluding hydrogens is 290 g/mol. The number of amides is 1. The Morgan fingerprint density at radius 1 is 1.19 bits per heavy atom. The highest BCUT2D eigenvalue weighted by atomic mass is 35.5. The van der Waals surface area contributed by atoms with Gasteiger partial charge in [0.05, 0.1) is 5.56 Å². The van der Waals surface area contributed by atoms with Gasteiger partial charge in [-0.3, -0.25) is 4.79 Å². The summed E-state index contributed by atoms with van der Waals surface area (Å²) in [6.45, 7) is 0. The molecule has 2 aromatic rings. The van der Waals surface area contributed by atoms with Crippen molar-refractivity contribution < 1.29 is 14.3 Å². The molecule has 1 atom stereocenters. The summed E-state index contributed by atoms with van der Waals surface area (Å²) < 4.78 is 5.19. The van der Waals surface area contributed by atoms with Crippen LogP contribution in [-0.4, -0.2) is 18.0 Å². The van der Waals surface area contributed by atoms with Crippen LogP contribution in [0.1, 0.15) is 15.9 Å². The van der Waals surface area contributed by atoms with Gasteiger partial charge in [-0.25, -0.2) is 4.79 Å². The van der Waals surface area contributed by atoms with Crippen LogP contribution < -0.4 is 5.32 Å². The molecule has 0 saturated carbocycles. The minimum Gasteiger partial charge on any atom is -0.448 e. The van der Waals surface area contributed by atoms with Crippen molar-refractivity contribution in [3.8, 4) is 0 Å². The number of anilines is 1. The SMILES string of the molecule is O=C1OC(C(=O)Nc2ccccc2)Cc2ccc(Cl)cc21. The fourth-order valence-electron chi connectivity index (χ4n) is 2.24. The predicted octanol–water partition coefficient (Wildman–Crippen LogP) is 3.06. The number of hydrogen-bond acceptors (Lipinski definition) is 3. The number of hydrogen-bond donors (Lipinski definition) is 1. The summed E-state index contributed by atoms with van der Waals surface area (Å²) in [4.78, 5) is 24.1. The number of carbonyl (C=O) groups excluding carboxylic acids is 2. The first-order valence-corrected chi connectivity index (χ1v) is 6.86. The normalized spacial score (nSPS) is 16.8. The fraction of sp³-hybridized carbons (Fsp3) is 0.125. The molecule has 1 heterocycles. The molecule has 1 N–H and O–H groups in total. The van der Waals surface area contributed by atoms with Crippen molar-refractivity contribution in [2.45, 2.75) is 12.5 Å². The second kappa shape index (κ2) is 5.58. The number of nitrogens with one attached hydrogen (secondary N) is 1. The van der Waals surface area contributed by atoms with Gasteiger partial charge in [0.25, 0.3) is 5.91 Å².